The fraction of sp³-hybridized carbons (Fsp3) is 0.257. The lowest BCUT2D eigenvalue weighted by Crippen LogP contribution is -2.51. The molecule has 0 saturated heterocycles. The summed E-state index contributed by atoms with van der Waals surface area (Å²) in [5.74, 6) is 2.28. The van der Waals surface area contributed by atoms with Gasteiger partial charge in [-0.1, -0.05) is 49.0 Å². The van der Waals surface area contributed by atoms with Gasteiger partial charge in [-0.25, -0.2) is 19.3 Å². The molecule has 0 aliphatic heterocycles. The van der Waals surface area contributed by atoms with Crippen molar-refractivity contribution in [1.29, 1.82) is 0 Å². The van der Waals surface area contributed by atoms with Gasteiger partial charge in [-0.3, -0.25) is 4.79 Å². The number of benzene rings is 2. The van der Waals surface area contributed by atoms with Crippen molar-refractivity contribution in [1.82, 2.24) is 19.9 Å². The fourth-order valence-corrected chi connectivity index (χ4v) is 5.90. The molecule has 8 nitrogen and oxygen atoms in total. The Bertz CT molecular complexity index is 1910. The van der Waals surface area contributed by atoms with Gasteiger partial charge in [0, 0.05) is 29.8 Å². The summed E-state index contributed by atoms with van der Waals surface area (Å²) >= 11 is 0. The quantitative estimate of drug-likeness (QED) is 0.125. The SMILES string of the molecule is C#CCCCCC(O)C(=C)C(=O)NC1(c2ccc(-c3[nH+]c4ccn5c(=O)[nH]nc5c4cc3-c3ccccc3)cc2)CCC1. The summed E-state index contributed by atoms with van der Waals surface area (Å²) in [5.41, 5.74) is 5.76. The minimum absolute atomic E-state index is 0.190. The number of rotatable bonds is 10. The Morgan fingerprint density at radius 1 is 1.14 bits per heavy atom. The molecular formula is C35H34N5O3+. The second kappa shape index (κ2) is 11.7. The average molecular weight is 573 g/mol. The molecule has 3 heterocycles. The van der Waals surface area contributed by atoms with E-state index < -0.39 is 11.6 Å². The molecule has 3 aromatic heterocycles. The number of aliphatic hydroxyl groups excluding tert-OH is 1. The van der Waals surface area contributed by atoms with E-state index in [2.05, 4.69) is 75.5 Å². The van der Waals surface area contributed by atoms with Crippen molar-refractivity contribution < 1.29 is 14.9 Å². The van der Waals surface area contributed by atoms with Crippen LogP contribution in [-0.4, -0.2) is 31.7 Å². The van der Waals surface area contributed by atoms with Crippen molar-refractivity contribution in [2.24, 2.45) is 0 Å². The molecule has 216 valence electrons. The lowest BCUT2D eigenvalue weighted by Gasteiger charge is -2.43. The first-order chi connectivity index (χ1) is 20.9. The number of nitrogens with zero attached hydrogens (tertiary/aromatic N) is 2. The number of pyridine rings is 2. The third-order valence-corrected chi connectivity index (χ3v) is 8.56. The molecule has 5 aromatic rings. The molecule has 2 aromatic carbocycles. The van der Waals surface area contributed by atoms with E-state index in [0.717, 1.165) is 71.0 Å². The molecule has 0 bridgehead atoms. The molecule has 1 aliphatic rings. The number of H-pyrrole nitrogens is 2. The summed E-state index contributed by atoms with van der Waals surface area (Å²) in [7, 11) is 0. The van der Waals surface area contributed by atoms with Gasteiger partial charge < -0.3 is 10.4 Å². The number of amides is 1. The minimum atomic E-state index is -0.890. The number of nitrogens with one attached hydrogen (secondary N) is 3. The van der Waals surface area contributed by atoms with Crippen LogP contribution in [0.3, 0.4) is 0 Å². The van der Waals surface area contributed by atoms with Gasteiger partial charge >= 0.3 is 5.69 Å². The molecule has 1 unspecified atom stereocenters. The van der Waals surface area contributed by atoms with Crippen LogP contribution in [0.2, 0.25) is 0 Å². The molecule has 1 saturated carbocycles. The van der Waals surface area contributed by atoms with E-state index in [1.807, 2.05) is 24.3 Å². The first kappa shape index (κ1) is 28.1. The van der Waals surface area contributed by atoms with E-state index in [4.69, 9.17) is 6.42 Å². The van der Waals surface area contributed by atoms with Crippen LogP contribution in [0.15, 0.2) is 89.9 Å². The Labute approximate surface area is 249 Å². The van der Waals surface area contributed by atoms with Crippen molar-refractivity contribution in [3.05, 3.63) is 101 Å². The van der Waals surface area contributed by atoms with Crippen molar-refractivity contribution in [2.45, 2.75) is 56.6 Å². The summed E-state index contributed by atoms with van der Waals surface area (Å²) in [6.45, 7) is 3.90. The molecule has 1 amide bonds. The number of carbonyl (C=O) groups is 1. The van der Waals surface area contributed by atoms with Crippen LogP contribution in [0.25, 0.3) is 38.9 Å². The van der Waals surface area contributed by atoms with E-state index in [-0.39, 0.29) is 17.2 Å². The average Bonchev–Trinajstić information content (AvgIpc) is 3.41. The number of hydrogen-bond donors (Lipinski definition) is 3. The highest BCUT2D eigenvalue weighted by Crippen LogP contribution is 2.42. The smallest absolute Gasteiger partial charge is 0.347 e. The van der Waals surface area contributed by atoms with E-state index >= 15 is 0 Å². The van der Waals surface area contributed by atoms with Crippen molar-refractivity contribution in [3.63, 3.8) is 0 Å². The number of hydrogen-bond acceptors (Lipinski definition) is 4. The third kappa shape index (κ3) is 5.36. The molecule has 1 atom stereocenters. The number of aromatic amines is 2. The highest BCUT2D eigenvalue weighted by atomic mass is 16.3. The highest BCUT2D eigenvalue weighted by molar-refractivity contribution is 5.95. The van der Waals surface area contributed by atoms with E-state index in [0.29, 0.717) is 18.5 Å². The Kier molecular flexibility index (Phi) is 7.66. The fourth-order valence-electron chi connectivity index (χ4n) is 5.90. The maximum absolute atomic E-state index is 13.1. The van der Waals surface area contributed by atoms with Gasteiger partial charge in [0.05, 0.1) is 22.6 Å². The number of fused-ring (bicyclic) bond motifs is 3. The molecule has 6 rings (SSSR count). The van der Waals surface area contributed by atoms with Crippen LogP contribution >= 0.6 is 0 Å². The van der Waals surface area contributed by atoms with E-state index in [1.54, 1.807) is 6.20 Å². The maximum Gasteiger partial charge on any atom is 0.347 e. The Morgan fingerprint density at radius 2 is 1.91 bits per heavy atom. The molecular weight excluding hydrogens is 538 g/mol. The van der Waals surface area contributed by atoms with Gasteiger partial charge in [-0.2, -0.15) is 5.10 Å². The molecule has 43 heavy (non-hydrogen) atoms. The van der Waals surface area contributed by atoms with Crippen molar-refractivity contribution in [3.8, 4) is 34.7 Å². The van der Waals surface area contributed by atoms with Gasteiger partial charge in [0.25, 0.3) is 0 Å². The summed E-state index contributed by atoms with van der Waals surface area (Å²) in [4.78, 5) is 28.9. The van der Waals surface area contributed by atoms with Gasteiger partial charge in [0.1, 0.15) is 0 Å². The van der Waals surface area contributed by atoms with Crippen LogP contribution in [0.4, 0.5) is 0 Å². The van der Waals surface area contributed by atoms with Gasteiger partial charge in [-0.15, -0.1) is 12.3 Å². The topological polar surface area (TPSA) is 114 Å². The third-order valence-electron chi connectivity index (χ3n) is 8.56. The summed E-state index contributed by atoms with van der Waals surface area (Å²) in [5, 5.41) is 21.3. The van der Waals surface area contributed by atoms with Gasteiger partial charge in [0.2, 0.25) is 17.1 Å². The Morgan fingerprint density at radius 3 is 2.60 bits per heavy atom. The van der Waals surface area contributed by atoms with Crippen molar-refractivity contribution >= 4 is 22.5 Å². The van der Waals surface area contributed by atoms with E-state index in [1.165, 1.54) is 4.40 Å². The molecule has 0 radical (unpaired) electrons. The number of terminal acetylenes is 1. The first-order valence-corrected chi connectivity index (χ1v) is 14.7. The zero-order valence-corrected chi connectivity index (χ0v) is 23.9. The monoisotopic (exact) mass is 572 g/mol. The molecule has 0 spiro atoms. The summed E-state index contributed by atoms with van der Waals surface area (Å²) < 4.78 is 1.50. The summed E-state index contributed by atoms with van der Waals surface area (Å²) in [6.07, 6.45) is 11.4. The van der Waals surface area contributed by atoms with Crippen LogP contribution in [-0.2, 0) is 10.3 Å². The van der Waals surface area contributed by atoms with Crippen LogP contribution in [0, 0.1) is 12.3 Å². The number of aromatic nitrogens is 4. The van der Waals surface area contributed by atoms with Gasteiger partial charge in [-0.05, 0) is 67.9 Å². The van der Waals surface area contributed by atoms with Gasteiger partial charge in [0.15, 0.2) is 5.65 Å². The molecule has 8 heteroatoms. The second-order valence-electron chi connectivity index (χ2n) is 11.2. The lowest BCUT2D eigenvalue weighted by molar-refractivity contribution is -0.330. The van der Waals surface area contributed by atoms with Crippen LogP contribution < -0.4 is 16.0 Å². The zero-order chi connectivity index (χ0) is 30.0. The van der Waals surface area contributed by atoms with Crippen LogP contribution in [0.1, 0.15) is 50.5 Å². The summed E-state index contributed by atoms with van der Waals surface area (Å²) in [6, 6.07) is 22.3. The number of aliphatic hydroxyl groups is 1. The molecule has 4 N–H and O–H groups in total. The number of unbranched alkanes of at least 4 members (excludes halogenated alkanes) is 2. The standard InChI is InChI=1S/C35H33N5O3/c1-3-4-5-9-13-30(41)23(2)33(42)37-35(19-10-20-35)26-16-14-25(15-17-26)31-27(24-11-7-6-8-12-24)22-28-29(36-31)18-21-40-32(28)38-39-34(40)43/h1,6-8,11-12,14-18,21-22,30,41H,2,4-5,9-10,13,19-20H2,(H,37,42)(H,39,43)/p+1. The van der Waals surface area contributed by atoms with Crippen molar-refractivity contribution in [2.75, 3.05) is 0 Å². The minimum Gasteiger partial charge on any atom is -0.388 e. The number of carbonyl (C=O) groups excluding carboxylic acids is 1. The molecule has 1 aliphatic carbocycles. The highest BCUT2D eigenvalue weighted by Gasteiger charge is 2.41. The maximum atomic E-state index is 13.1. The largest absolute Gasteiger partial charge is 0.388 e. The predicted octanol–water partition coefficient (Wildman–Crippen LogP) is 4.93. The van der Waals surface area contributed by atoms with E-state index in [9.17, 15) is 14.7 Å². The predicted molar refractivity (Wildman–Crippen MR) is 167 cm³/mol. The first-order valence-electron chi connectivity index (χ1n) is 14.7. The normalized spacial score (nSPS) is 14.6. The lowest BCUT2D eigenvalue weighted by atomic mass is 9.71. The Balaban J connectivity index is 1.30. The second-order valence-corrected chi connectivity index (χ2v) is 11.2. The van der Waals surface area contributed by atoms with Crippen LogP contribution in [0.5, 0.6) is 0 Å². The molecule has 1 fully saturated rings. The Hall–Kier alpha value is -5.00. The zero-order valence-electron chi connectivity index (χ0n) is 23.9.